The number of nitrogens with zero attached hydrogens (tertiary/aromatic N) is 2. The number of benzene rings is 3. The van der Waals surface area contributed by atoms with Crippen LogP contribution in [0.25, 0.3) is 15.9 Å². The number of nitrogens with one attached hydrogen (secondary N) is 1. The van der Waals surface area contributed by atoms with Crippen molar-refractivity contribution in [2.75, 3.05) is 16.8 Å². The van der Waals surface area contributed by atoms with Crippen molar-refractivity contribution in [1.29, 1.82) is 0 Å². The van der Waals surface area contributed by atoms with Crippen molar-refractivity contribution in [3.05, 3.63) is 111 Å². The van der Waals surface area contributed by atoms with Gasteiger partial charge in [0.15, 0.2) is 0 Å². The first-order valence-electron chi connectivity index (χ1n) is 16.2. The van der Waals surface area contributed by atoms with Crippen molar-refractivity contribution < 1.29 is 9.36 Å². The van der Waals surface area contributed by atoms with E-state index in [1.165, 1.54) is 67.6 Å². The fourth-order valence-corrected chi connectivity index (χ4v) is 10.7. The molecule has 0 saturated heterocycles. The molecule has 1 N–H and O–H groups in total. The van der Waals surface area contributed by atoms with E-state index in [9.17, 15) is 4.79 Å². The van der Waals surface area contributed by atoms with E-state index < -0.39 is 0 Å². The molecule has 1 aromatic heterocycles. The van der Waals surface area contributed by atoms with Crippen LogP contribution in [0.2, 0.25) is 0 Å². The van der Waals surface area contributed by atoms with Crippen molar-refractivity contribution in [3.63, 3.8) is 0 Å². The van der Waals surface area contributed by atoms with Gasteiger partial charge in [-0.25, -0.2) is 0 Å². The first-order valence-corrected chi connectivity index (χ1v) is 19.6. The van der Waals surface area contributed by atoms with E-state index in [0.717, 1.165) is 48.5 Å². The number of anilines is 2. The number of aromatic nitrogens is 1. The van der Waals surface area contributed by atoms with Gasteiger partial charge in [-0.3, -0.25) is 0 Å². The molecule has 0 bridgehead atoms. The van der Waals surface area contributed by atoms with E-state index in [0.29, 0.717) is 0 Å². The summed E-state index contributed by atoms with van der Waals surface area (Å²) >= 11 is 0.346. The average molecular weight is 715 g/mol. The molecular weight excluding hydrogens is 672 g/mol. The maximum absolute atomic E-state index is 14.0. The second-order valence-corrected chi connectivity index (χ2v) is 16.0. The molecule has 0 fully saturated rings. The van der Waals surface area contributed by atoms with Gasteiger partial charge >= 0.3 is 276 Å². The van der Waals surface area contributed by atoms with Crippen molar-refractivity contribution in [2.45, 2.75) is 71.8 Å². The Balaban J connectivity index is 1.38. The number of para-hydroxylation sites is 3. The van der Waals surface area contributed by atoms with Gasteiger partial charge < -0.3 is 0 Å². The van der Waals surface area contributed by atoms with Crippen LogP contribution in [-0.4, -0.2) is 41.8 Å². The van der Waals surface area contributed by atoms with Gasteiger partial charge in [-0.05, 0) is 0 Å². The molecule has 0 radical (unpaired) electrons. The molecule has 1 aliphatic carbocycles. The molecule has 4 nitrogen and oxygen atoms in total. The number of hydrogen-bond donors (Lipinski definition) is 1. The Hall–Kier alpha value is -3.14. The van der Waals surface area contributed by atoms with E-state index >= 15 is 0 Å². The van der Waals surface area contributed by atoms with Crippen LogP contribution in [0.1, 0.15) is 69.8 Å². The molecule has 2 aliphatic rings. The topological polar surface area (TPSA) is 36.2 Å². The van der Waals surface area contributed by atoms with Crippen LogP contribution in [-0.2, 0) is 11.3 Å². The van der Waals surface area contributed by atoms with Gasteiger partial charge in [0.25, 0.3) is 0 Å². The summed E-state index contributed by atoms with van der Waals surface area (Å²) < 4.78 is 7.86. The van der Waals surface area contributed by atoms with Crippen LogP contribution in [0.15, 0.2) is 106 Å². The van der Waals surface area contributed by atoms with Gasteiger partial charge in [0.1, 0.15) is 0 Å². The molecule has 6 rings (SSSR count). The molecule has 226 valence electrons. The number of hydrogen-bond acceptors (Lipinski definition) is 3. The molecule has 6 heteroatoms. The SMILES string of the molecule is CCCCCCN1C(=CC2=C(Nc3ccccc3)C(=Cc3[se]c4ccccc4[n+]3CCCCCC)C2=O)[Se]c2ccccc21. The number of unbranched alkanes of at least 4 members (excludes halogenated alkanes) is 6. The number of carbonyl (C=O) groups is 1. The molecule has 0 unspecified atom stereocenters. The number of rotatable bonds is 14. The predicted molar refractivity (Wildman–Crippen MR) is 187 cm³/mol. The zero-order chi connectivity index (χ0) is 30.3. The van der Waals surface area contributed by atoms with E-state index in [1.807, 2.05) is 18.2 Å². The molecule has 0 spiro atoms. The Morgan fingerprint density at radius 3 is 2.34 bits per heavy atom. The number of carbonyl (C=O) groups excluding carboxylic acids is 1. The number of Topliss-reactive ketones (excluding diaryl/α,β-unsaturated/α-hetero) is 1. The second-order valence-electron chi connectivity index (χ2n) is 11.6. The third-order valence-corrected chi connectivity index (χ3v) is 13.0. The quantitative estimate of drug-likeness (QED) is 0.0642. The molecule has 2 heterocycles. The normalized spacial score (nSPS) is 16.3. The van der Waals surface area contributed by atoms with Gasteiger partial charge in [-0.2, -0.15) is 0 Å². The van der Waals surface area contributed by atoms with Gasteiger partial charge in [-0.15, -0.1) is 0 Å². The number of ketones is 1. The van der Waals surface area contributed by atoms with Crippen molar-refractivity contribution in [1.82, 2.24) is 0 Å². The van der Waals surface area contributed by atoms with Gasteiger partial charge in [0.2, 0.25) is 0 Å². The molecule has 44 heavy (non-hydrogen) atoms. The Kier molecular flexibility index (Phi) is 10.4. The molecule has 0 amide bonds. The summed E-state index contributed by atoms with van der Waals surface area (Å²) in [5.41, 5.74) is 6.21. The van der Waals surface area contributed by atoms with E-state index in [1.54, 1.807) is 0 Å². The Morgan fingerprint density at radius 1 is 0.795 bits per heavy atom. The summed E-state index contributed by atoms with van der Waals surface area (Å²) in [5, 5.41) is 3.66. The predicted octanol–water partition coefficient (Wildman–Crippen LogP) is 7.37. The maximum atomic E-state index is 14.0. The fraction of sp³-hybridized carbons (Fsp3) is 0.316. The van der Waals surface area contributed by atoms with Crippen molar-refractivity contribution in [2.24, 2.45) is 0 Å². The van der Waals surface area contributed by atoms with Crippen molar-refractivity contribution in [3.8, 4) is 0 Å². The van der Waals surface area contributed by atoms with Crippen LogP contribution in [0.4, 0.5) is 11.4 Å². The second kappa shape index (κ2) is 14.8. The summed E-state index contributed by atoms with van der Waals surface area (Å²) in [6.45, 7) is 6.52. The first kappa shape index (κ1) is 30.9. The van der Waals surface area contributed by atoms with Gasteiger partial charge in [0, 0.05) is 0 Å². The summed E-state index contributed by atoms with van der Waals surface area (Å²) in [5.74, 6) is 0.152. The van der Waals surface area contributed by atoms with E-state index in [2.05, 4.69) is 101 Å². The van der Waals surface area contributed by atoms with E-state index in [-0.39, 0.29) is 35.2 Å². The summed E-state index contributed by atoms with van der Waals surface area (Å²) in [4.78, 5) is 16.5. The van der Waals surface area contributed by atoms with Crippen LogP contribution in [0, 0.1) is 0 Å². The zero-order valence-electron chi connectivity index (χ0n) is 25.9. The van der Waals surface area contributed by atoms with Gasteiger partial charge in [-0.1, -0.05) is 0 Å². The van der Waals surface area contributed by atoms with Crippen LogP contribution >= 0.6 is 0 Å². The van der Waals surface area contributed by atoms with Gasteiger partial charge in [0.05, 0.1) is 0 Å². The zero-order valence-corrected chi connectivity index (χ0v) is 29.3. The third kappa shape index (κ3) is 6.75. The summed E-state index contributed by atoms with van der Waals surface area (Å²) in [6.07, 6.45) is 14.2. The average Bonchev–Trinajstić information content (AvgIpc) is 3.59. The monoisotopic (exact) mass is 716 g/mol. The van der Waals surface area contributed by atoms with Crippen molar-refractivity contribution >= 4 is 66.9 Å². The minimum atomic E-state index is 0.152. The van der Waals surface area contributed by atoms with Crippen LogP contribution in [0.5, 0.6) is 0 Å². The van der Waals surface area contributed by atoms with Crippen LogP contribution < -0.4 is 19.2 Å². The summed E-state index contributed by atoms with van der Waals surface area (Å²) in [7, 11) is 0. The number of allylic oxidation sites excluding steroid dienone is 3. The fourth-order valence-electron chi connectivity index (χ4n) is 5.95. The molecule has 0 atom stereocenters. The Labute approximate surface area is 274 Å². The minimum absolute atomic E-state index is 0.152. The number of aryl methyl sites for hydroxylation is 1. The third-order valence-electron chi connectivity index (χ3n) is 8.35. The standard InChI is InChI=1S/C38H41N3OSe2/c1-3-5-7-16-24-40-31-20-12-14-22-33(31)43-35(40)26-29-37(39-28-18-10-9-11-19-28)30(38(29)42)27-36-41(25-17-8-6-4-2)32-21-13-15-23-34(32)44-36/h9-15,18-23,26-27H,3-8,16-17,24-25H2,1-2H3/p+1. The van der Waals surface area contributed by atoms with E-state index in [4.69, 9.17) is 0 Å². The first-order chi connectivity index (χ1) is 21.7. The Morgan fingerprint density at radius 2 is 1.52 bits per heavy atom. The number of fused-ring (bicyclic) bond motifs is 2. The molecule has 0 saturated carbocycles. The molecule has 3 aromatic carbocycles. The summed E-state index contributed by atoms with van der Waals surface area (Å²) in [6, 6.07) is 27.8. The molecule has 1 aliphatic heterocycles. The van der Waals surface area contributed by atoms with Crippen LogP contribution in [0.3, 0.4) is 0 Å². The molecule has 4 aromatic rings. The Bertz CT molecular complexity index is 1720. The molecular formula is C38H42N3OSe2+.